The van der Waals surface area contributed by atoms with Gasteiger partial charge in [0.05, 0.1) is 36.5 Å². The van der Waals surface area contributed by atoms with E-state index in [4.69, 9.17) is 0 Å². The van der Waals surface area contributed by atoms with E-state index in [2.05, 4.69) is 9.47 Å². The molecule has 0 N–H and O–H groups in total. The number of carbonyl (C=O) groups is 2. The fraction of sp³-hybridized carbons (Fsp3) is 0.333. The Morgan fingerprint density at radius 3 is 2.53 bits per heavy atom. The third kappa shape index (κ3) is 2.78. The Kier molecular flexibility index (Phi) is 4.16. The van der Waals surface area contributed by atoms with Gasteiger partial charge in [-0.05, 0) is 0 Å². The summed E-state index contributed by atoms with van der Waals surface area (Å²) in [7, 11) is 2.33. The number of ether oxygens (including phenoxy) is 2. The van der Waals surface area contributed by atoms with E-state index >= 15 is 0 Å². The lowest BCUT2D eigenvalue weighted by Gasteiger charge is -2.01. The lowest BCUT2D eigenvalue weighted by Crippen LogP contribution is -2.10. The van der Waals surface area contributed by atoms with E-state index in [1.54, 1.807) is 0 Å². The molecule has 0 saturated heterocycles. The highest BCUT2D eigenvalue weighted by Gasteiger charge is 2.27. The molecule has 0 spiro atoms. The highest BCUT2D eigenvalue weighted by Crippen LogP contribution is 2.30. The van der Waals surface area contributed by atoms with Crippen LogP contribution in [0.1, 0.15) is 15.2 Å². The van der Waals surface area contributed by atoms with Crippen LogP contribution in [0.4, 0.5) is 5.69 Å². The quantitative estimate of drug-likeness (QED) is 0.457. The molecule has 0 aliphatic heterocycles. The minimum atomic E-state index is -0.706. The normalized spacial score (nSPS) is 9.76. The minimum Gasteiger partial charge on any atom is -0.469 e. The molecule has 92 valence electrons. The van der Waals surface area contributed by atoms with Crippen molar-refractivity contribution in [1.82, 2.24) is 0 Å². The van der Waals surface area contributed by atoms with Crippen LogP contribution in [0.3, 0.4) is 0 Å². The molecule has 0 aliphatic carbocycles. The lowest BCUT2D eigenvalue weighted by molar-refractivity contribution is -0.385. The van der Waals surface area contributed by atoms with Crippen LogP contribution >= 0.6 is 11.3 Å². The predicted molar refractivity (Wildman–Crippen MR) is 58.0 cm³/mol. The number of nitro groups is 1. The summed E-state index contributed by atoms with van der Waals surface area (Å²) in [6.07, 6.45) is -0.333. The summed E-state index contributed by atoms with van der Waals surface area (Å²) in [5, 5.41) is 11.9. The van der Waals surface area contributed by atoms with Crippen LogP contribution in [-0.2, 0) is 20.7 Å². The summed E-state index contributed by atoms with van der Waals surface area (Å²) in [6, 6.07) is 0. The Hall–Kier alpha value is -1.96. The summed E-state index contributed by atoms with van der Waals surface area (Å²) < 4.78 is 8.90. The first kappa shape index (κ1) is 13.1. The standard InChI is InChI=1S/C9H9NO6S/c1-15-7(11)3-5-6(10(13)14)4-17-8(5)9(12)16-2/h4H,3H2,1-2H3. The second kappa shape index (κ2) is 5.39. The molecule has 0 atom stereocenters. The lowest BCUT2D eigenvalue weighted by atomic mass is 10.1. The van der Waals surface area contributed by atoms with Crippen molar-refractivity contribution in [3.8, 4) is 0 Å². The van der Waals surface area contributed by atoms with Crippen LogP contribution in [0.2, 0.25) is 0 Å². The number of rotatable bonds is 4. The summed E-state index contributed by atoms with van der Waals surface area (Å²) in [5.41, 5.74) is -0.250. The molecule has 0 bridgehead atoms. The van der Waals surface area contributed by atoms with Gasteiger partial charge in [-0.3, -0.25) is 14.9 Å². The molecule has 17 heavy (non-hydrogen) atoms. The van der Waals surface area contributed by atoms with Crippen molar-refractivity contribution >= 4 is 29.0 Å². The number of thiophene rings is 1. The summed E-state index contributed by atoms with van der Waals surface area (Å²) in [6.45, 7) is 0. The van der Waals surface area contributed by atoms with Crippen LogP contribution in [0.25, 0.3) is 0 Å². The third-order valence-corrected chi connectivity index (χ3v) is 2.98. The Morgan fingerprint density at radius 1 is 1.41 bits per heavy atom. The molecular formula is C9H9NO6S. The number of hydrogen-bond acceptors (Lipinski definition) is 7. The maximum atomic E-state index is 11.4. The molecule has 0 saturated carbocycles. The maximum Gasteiger partial charge on any atom is 0.348 e. The summed E-state index contributed by atoms with van der Waals surface area (Å²) >= 11 is 0.866. The smallest absolute Gasteiger partial charge is 0.348 e. The predicted octanol–water partition coefficient (Wildman–Crippen LogP) is 1.16. The highest BCUT2D eigenvalue weighted by molar-refractivity contribution is 7.12. The van der Waals surface area contributed by atoms with Gasteiger partial charge in [0.15, 0.2) is 0 Å². The number of carbonyl (C=O) groups excluding carboxylic acids is 2. The van der Waals surface area contributed by atoms with Gasteiger partial charge >= 0.3 is 11.9 Å². The summed E-state index contributed by atoms with van der Waals surface area (Å²) in [5.74, 6) is -1.36. The first-order valence-electron chi connectivity index (χ1n) is 4.41. The zero-order valence-electron chi connectivity index (χ0n) is 9.09. The van der Waals surface area contributed by atoms with Crippen molar-refractivity contribution in [3.05, 3.63) is 25.9 Å². The maximum absolute atomic E-state index is 11.4. The monoisotopic (exact) mass is 259 g/mol. The Morgan fingerprint density at radius 2 is 2.06 bits per heavy atom. The molecule has 0 amide bonds. The minimum absolute atomic E-state index is 0.0266. The van der Waals surface area contributed by atoms with Gasteiger partial charge in [0.1, 0.15) is 4.88 Å². The van der Waals surface area contributed by atoms with E-state index in [0.29, 0.717) is 0 Å². The average Bonchev–Trinajstić information content (AvgIpc) is 2.71. The van der Waals surface area contributed by atoms with Gasteiger partial charge in [0, 0.05) is 0 Å². The van der Waals surface area contributed by atoms with E-state index < -0.39 is 16.9 Å². The molecule has 1 aromatic heterocycles. The van der Waals surface area contributed by atoms with E-state index in [1.807, 2.05) is 0 Å². The zero-order chi connectivity index (χ0) is 13.0. The van der Waals surface area contributed by atoms with Gasteiger partial charge in [-0.2, -0.15) is 0 Å². The molecule has 0 fully saturated rings. The Balaban J connectivity index is 3.19. The second-order valence-electron chi connectivity index (χ2n) is 2.93. The molecule has 1 heterocycles. The molecule has 8 heteroatoms. The van der Waals surface area contributed by atoms with Crippen LogP contribution in [0.5, 0.6) is 0 Å². The first-order chi connectivity index (χ1) is 8.01. The largest absolute Gasteiger partial charge is 0.469 e. The van der Waals surface area contributed by atoms with Crippen molar-refractivity contribution < 1.29 is 24.0 Å². The molecular weight excluding hydrogens is 250 g/mol. The van der Waals surface area contributed by atoms with E-state index in [0.717, 1.165) is 18.4 Å². The molecule has 1 rings (SSSR count). The number of hydrogen-bond donors (Lipinski definition) is 0. The van der Waals surface area contributed by atoms with Crippen molar-refractivity contribution in [1.29, 1.82) is 0 Å². The van der Waals surface area contributed by atoms with Crippen LogP contribution in [-0.4, -0.2) is 31.1 Å². The van der Waals surface area contributed by atoms with Crippen molar-refractivity contribution in [2.45, 2.75) is 6.42 Å². The van der Waals surface area contributed by atoms with Gasteiger partial charge in [-0.1, -0.05) is 0 Å². The first-order valence-corrected chi connectivity index (χ1v) is 5.29. The van der Waals surface area contributed by atoms with Gasteiger partial charge in [-0.25, -0.2) is 4.79 Å². The van der Waals surface area contributed by atoms with Gasteiger partial charge in [0.2, 0.25) is 0 Å². The molecule has 7 nitrogen and oxygen atoms in total. The fourth-order valence-electron chi connectivity index (χ4n) is 1.18. The molecule has 0 aliphatic rings. The highest BCUT2D eigenvalue weighted by atomic mass is 32.1. The number of esters is 2. The molecule has 0 unspecified atom stereocenters. The molecule has 0 aromatic carbocycles. The molecule has 0 radical (unpaired) electrons. The number of nitrogens with zero attached hydrogens (tertiary/aromatic N) is 1. The van der Waals surface area contributed by atoms with Crippen LogP contribution in [0, 0.1) is 10.1 Å². The zero-order valence-corrected chi connectivity index (χ0v) is 9.91. The van der Waals surface area contributed by atoms with Gasteiger partial charge < -0.3 is 9.47 Å². The van der Waals surface area contributed by atoms with E-state index in [1.165, 1.54) is 12.5 Å². The van der Waals surface area contributed by atoms with Crippen LogP contribution < -0.4 is 0 Å². The van der Waals surface area contributed by atoms with Crippen molar-refractivity contribution in [3.63, 3.8) is 0 Å². The average molecular weight is 259 g/mol. The summed E-state index contributed by atoms with van der Waals surface area (Å²) in [4.78, 5) is 32.6. The Bertz CT molecular complexity index is 466. The van der Waals surface area contributed by atoms with Crippen LogP contribution in [0.15, 0.2) is 5.38 Å². The van der Waals surface area contributed by atoms with Gasteiger partial charge in [-0.15, -0.1) is 11.3 Å². The van der Waals surface area contributed by atoms with E-state index in [9.17, 15) is 19.7 Å². The topological polar surface area (TPSA) is 95.7 Å². The van der Waals surface area contributed by atoms with Crippen molar-refractivity contribution in [2.75, 3.05) is 14.2 Å². The Labute approximate surface area is 100 Å². The van der Waals surface area contributed by atoms with Gasteiger partial charge in [0.25, 0.3) is 5.69 Å². The second-order valence-corrected chi connectivity index (χ2v) is 3.81. The SMILES string of the molecule is COC(=O)Cc1c([N+](=O)[O-])csc1C(=O)OC. The number of methoxy groups -OCH3 is 2. The third-order valence-electron chi connectivity index (χ3n) is 1.99. The van der Waals surface area contributed by atoms with E-state index in [-0.39, 0.29) is 22.5 Å². The van der Waals surface area contributed by atoms with Crippen molar-refractivity contribution in [2.24, 2.45) is 0 Å². The fourth-order valence-corrected chi connectivity index (χ4v) is 2.13. The molecule has 1 aromatic rings.